The molecule has 2 heteroatoms. The fraction of sp³-hybridized carbons (Fsp3) is 1.00. The maximum Gasteiger partial charge on any atom is 0.0576 e. The van der Waals surface area contributed by atoms with Gasteiger partial charge in [0.1, 0.15) is 0 Å². The molecule has 0 aromatic rings. The standard InChI is InChI=1S/C11H22O2/c1-3-11(2,9-12)7-6-10-5-4-8-13-10/h10,12H,3-9H2,1-2H3. The number of hydrogen-bond donors (Lipinski definition) is 1. The van der Waals surface area contributed by atoms with Gasteiger partial charge in [-0.2, -0.15) is 0 Å². The minimum absolute atomic E-state index is 0.117. The Morgan fingerprint density at radius 3 is 2.77 bits per heavy atom. The molecule has 78 valence electrons. The molecule has 1 aliphatic heterocycles. The Morgan fingerprint density at radius 1 is 1.54 bits per heavy atom. The lowest BCUT2D eigenvalue weighted by Crippen LogP contribution is -2.22. The van der Waals surface area contributed by atoms with E-state index in [1.54, 1.807) is 0 Å². The maximum atomic E-state index is 9.22. The third-order valence-corrected chi connectivity index (χ3v) is 3.33. The summed E-state index contributed by atoms with van der Waals surface area (Å²) in [6.07, 6.45) is 6.15. The highest BCUT2D eigenvalue weighted by Gasteiger charge is 2.24. The maximum absolute atomic E-state index is 9.22. The van der Waals surface area contributed by atoms with E-state index in [2.05, 4.69) is 13.8 Å². The van der Waals surface area contributed by atoms with Gasteiger partial charge < -0.3 is 9.84 Å². The normalized spacial score (nSPS) is 27.5. The van der Waals surface area contributed by atoms with E-state index in [-0.39, 0.29) is 5.41 Å². The summed E-state index contributed by atoms with van der Waals surface area (Å²) in [5, 5.41) is 9.22. The lowest BCUT2D eigenvalue weighted by molar-refractivity contribution is 0.0703. The predicted molar refractivity (Wildman–Crippen MR) is 53.7 cm³/mol. The molecule has 1 N–H and O–H groups in total. The van der Waals surface area contributed by atoms with Crippen molar-refractivity contribution in [1.29, 1.82) is 0 Å². The smallest absolute Gasteiger partial charge is 0.0576 e. The number of ether oxygens (including phenoxy) is 1. The highest BCUT2D eigenvalue weighted by molar-refractivity contribution is 4.75. The van der Waals surface area contributed by atoms with E-state index in [1.165, 1.54) is 12.8 Å². The van der Waals surface area contributed by atoms with Gasteiger partial charge in [0.15, 0.2) is 0 Å². The minimum Gasteiger partial charge on any atom is -0.396 e. The van der Waals surface area contributed by atoms with E-state index in [0.717, 1.165) is 25.9 Å². The number of rotatable bonds is 5. The second-order valence-electron chi connectivity index (χ2n) is 4.50. The van der Waals surface area contributed by atoms with E-state index < -0.39 is 0 Å². The highest BCUT2D eigenvalue weighted by Crippen LogP contribution is 2.29. The molecule has 0 spiro atoms. The van der Waals surface area contributed by atoms with Gasteiger partial charge in [-0.25, -0.2) is 0 Å². The molecule has 1 rings (SSSR count). The van der Waals surface area contributed by atoms with Crippen molar-refractivity contribution < 1.29 is 9.84 Å². The predicted octanol–water partition coefficient (Wildman–Crippen LogP) is 2.35. The van der Waals surface area contributed by atoms with Crippen molar-refractivity contribution in [2.45, 2.75) is 52.1 Å². The van der Waals surface area contributed by atoms with Crippen molar-refractivity contribution in [3.63, 3.8) is 0 Å². The lowest BCUT2D eigenvalue weighted by atomic mass is 9.82. The summed E-state index contributed by atoms with van der Waals surface area (Å²) in [6, 6.07) is 0. The number of aliphatic hydroxyl groups excluding tert-OH is 1. The quantitative estimate of drug-likeness (QED) is 0.714. The number of hydrogen-bond acceptors (Lipinski definition) is 2. The van der Waals surface area contributed by atoms with Crippen LogP contribution >= 0.6 is 0 Å². The topological polar surface area (TPSA) is 29.5 Å². The zero-order chi connectivity index (χ0) is 9.73. The molecule has 1 saturated heterocycles. The van der Waals surface area contributed by atoms with Gasteiger partial charge >= 0.3 is 0 Å². The largest absolute Gasteiger partial charge is 0.396 e. The molecule has 0 aromatic carbocycles. The minimum atomic E-state index is 0.117. The summed E-state index contributed by atoms with van der Waals surface area (Å²) >= 11 is 0. The van der Waals surface area contributed by atoms with Crippen LogP contribution in [0.4, 0.5) is 0 Å². The Balaban J connectivity index is 2.22. The van der Waals surface area contributed by atoms with Crippen molar-refractivity contribution in [3.05, 3.63) is 0 Å². The number of aliphatic hydroxyl groups is 1. The van der Waals surface area contributed by atoms with Gasteiger partial charge in [-0.15, -0.1) is 0 Å². The Hall–Kier alpha value is -0.0800. The van der Waals surface area contributed by atoms with Crippen LogP contribution in [0.25, 0.3) is 0 Å². The molecule has 2 nitrogen and oxygen atoms in total. The average Bonchev–Trinajstić information content (AvgIpc) is 2.67. The lowest BCUT2D eigenvalue weighted by Gasteiger charge is -2.26. The Morgan fingerprint density at radius 2 is 2.31 bits per heavy atom. The SMILES string of the molecule is CCC(C)(CO)CCC1CCCO1. The second kappa shape index (κ2) is 4.97. The van der Waals surface area contributed by atoms with E-state index >= 15 is 0 Å². The molecule has 0 saturated carbocycles. The Kier molecular flexibility index (Phi) is 4.20. The summed E-state index contributed by atoms with van der Waals surface area (Å²) in [5.41, 5.74) is 0.117. The van der Waals surface area contributed by atoms with E-state index in [4.69, 9.17) is 4.74 Å². The molecule has 13 heavy (non-hydrogen) atoms. The van der Waals surface area contributed by atoms with Gasteiger partial charge in [-0.05, 0) is 37.5 Å². The molecular weight excluding hydrogens is 164 g/mol. The van der Waals surface area contributed by atoms with Crippen LogP contribution in [0.2, 0.25) is 0 Å². The van der Waals surface area contributed by atoms with Crippen LogP contribution in [0.1, 0.15) is 46.0 Å². The first-order valence-corrected chi connectivity index (χ1v) is 5.42. The molecule has 2 unspecified atom stereocenters. The van der Waals surface area contributed by atoms with Crippen molar-refractivity contribution in [1.82, 2.24) is 0 Å². The Labute approximate surface area is 81.3 Å². The molecule has 1 heterocycles. The summed E-state index contributed by atoms with van der Waals surface area (Å²) in [5.74, 6) is 0. The molecular formula is C11H22O2. The van der Waals surface area contributed by atoms with Crippen LogP contribution in [0.3, 0.4) is 0 Å². The van der Waals surface area contributed by atoms with Gasteiger partial charge in [-0.3, -0.25) is 0 Å². The summed E-state index contributed by atoms with van der Waals surface area (Å²) in [7, 11) is 0. The van der Waals surface area contributed by atoms with Crippen molar-refractivity contribution in [2.75, 3.05) is 13.2 Å². The van der Waals surface area contributed by atoms with E-state index in [1.807, 2.05) is 0 Å². The van der Waals surface area contributed by atoms with Crippen LogP contribution < -0.4 is 0 Å². The molecule has 1 aliphatic rings. The zero-order valence-electron chi connectivity index (χ0n) is 8.88. The van der Waals surface area contributed by atoms with Crippen LogP contribution in [0.5, 0.6) is 0 Å². The average molecular weight is 186 g/mol. The molecule has 0 aliphatic carbocycles. The fourth-order valence-corrected chi connectivity index (χ4v) is 1.75. The van der Waals surface area contributed by atoms with E-state index in [9.17, 15) is 5.11 Å². The first kappa shape index (κ1) is 11.0. The summed E-state index contributed by atoms with van der Waals surface area (Å²) < 4.78 is 5.56. The van der Waals surface area contributed by atoms with Crippen molar-refractivity contribution >= 4 is 0 Å². The Bertz CT molecular complexity index is 135. The van der Waals surface area contributed by atoms with Crippen LogP contribution in [0.15, 0.2) is 0 Å². The van der Waals surface area contributed by atoms with Gasteiger partial charge in [0.05, 0.1) is 6.10 Å². The van der Waals surface area contributed by atoms with Crippen molar-refractivity contribution in [2.24, 2.45) is 5.41 Å². The fourth-order valence-electron chi connectivity index (χ4n) is 1.75. The molecule has 0 amide bonds. The first-order valence-electron chi connectivity index (χ1n) is 5.42. The van der Waals surface area contributed by atoms with Crippen LogP contribution in [0, 0.1) is 5.41 Å². The monoisotopic (exact) mass is 186 g/mol. The van der Waals surface area contributed by atoms with E-state index in [0.29, 0.717) is 12.7 Å². The summed E-state index contributed by atoms with van der Waals surface area (Å²) in [6.45, 7) is 5.54. The van der Waals surface area contributed by atoms with Crippen LogP contribution in [-0.4, -0.2) is 24.4 Å². The molecule has 0 bridgehead atoms. The van der Waals surface area contributed by atoms with Gasteiger partial charge in [0.2, 0.25) is 0 Å². The third-order valence-electron chi connectivity index (χ3n) is 3.33. The van der Waals surface area contributed by atoms with Crippen LogP contribution in [-0.2, 0) is 4.74 Å². The van der Waals surface area contributed by atoms with Crippen molar-refractivity contribution in [3.8, 4) is 0 Å². The third kappa shape index (κ3) is 3.28. The molecule has 0 radical (unpaired) electrons. The molecule has 0 aromatic heterocycles. The molecule has 1 fully saturated rings. The first-order chi connectivity index (χ1) is 6.20. The zero-order valence-corrected chi connectivity index (χ0v) is 8.88. The van der Waals surface area contributed by atoms with Gasteiger partial charge in [0, 0.05) is 13.2 Å². The van der Waals surface area contributed by atoms with Gasteiger partial charge in [-0.1, -0.05) is 13.8 Å². The highest BCUT2D eigenvalue weighted by atomic mass is 16.5. The summed E-state index contributed by atoms with van der Waals surface area (Å²) in [4.78, 5) is 0. The molecule has 2 atom stereocenters. The van der Waals surface area contributed by atoms with Gasteiger partial charge in [0.25, 0.3) is 0 Å². The second-order valence-corrected chi connectivity index (χ2v) is 4.50.